The highest BCUT2D eigenvalue weighted by molar-refractivity contribution is 8.00. The lowest BCUT2D eigenvalue weighted by Gasteiger charge is -2.08. The maximum atomic E-state index is 12.9. The fourth-order valence-electron chi connectivity index (χ4n) is 2.46. The zero-order chi connectivity index (χ0) is 20.6. The summed E-state index contributed by atoms with van der Waals surface area (Å²) in [4.78, 5) is 25.2. The van der Waals surface area contributed by atoms with Crippen LogP contribution >= 0.6 is 11.8 Å². The molecule has 29 heavy (non-hydrogen) atoms. The van der Waals surface area contributed by atoms with Gasteiger partial charge in [0.25, 0.3) is 5.91 Å². The van der Waals surface area contributed by atoms with Gasteiger partial charge in [0.2, 0.25) is 5.91 Å². The van der Waals surface area contributed by atoms with Gasteiger partial charge < -0.3 is 15.4 Å². The molecule has 7 heteroatoms. The summed E-state index contributed by atoms with van der Waals surface area (Å²) in [7, 11) is 1.58. The number of ether oxygens (including phenoxy) is 1. The maximum Gasteiger partial charge on any atom is 0.255 e. The normalized spacial score (nSPS) is 10.3. The largest absolute Gasteiger partial charge is 0.497 e. The molecule has 148 valence electrons. The molecule has 2 N–H and O–H groups in total. The second-order valence-corrected chi connectivity index (χ2v) is 7.10. The minimum absolute atomic E-state index is 0.185. The van der Waals surface area contributed by atoms with E-state index in [4.69, 9.17) is 4.74 Å². The number of benzene rings is 3. The molecule has 3 aromatic rings. The highest BCUT2D eigenvalue weighted by Gasteiger charge is 2.08. The minimum Gasteiger partial charge on any atom is -0.497 e. The molecule has 5 nitrogen and oxygen atoms in total. The number of carbonyl (C=O) groups is 2. The third-order valence-electron chi connectivity index (χ3n) is 3.96. The Morgan fingerprint density at radius 2 is 1.45 bits per heavy atom. The van der Waals surface area contributed by atoms with Gasteiger partial charge in [0, 0.05) is 21.8 Å². The average Bonchev–Trinajstić information content (AvgIpc) is 2.74. The Morgan fingerprint density at radius 1 is 0.862 bits per heavy atom. The molecule has 0 fully saturated rings. The molecule has 0 unspecified atom stereocenters. The summed E-state index contributed by atoms with van der Waals surface area (Å²) >= 11 is 1.32. The Bertz CT molecular complexity index is 974. The molecule has 0 heterocycles. The smallest absolute Gasteiger partial charge is 0.255 e. The van der Waals surface area contributed by atoms with E-state index in [0.717, 1.165) is 4.90 Å². The Labute approximate surface area is 172 Å². The van der Waals surface area contributed by atoms with Crippen molar-refractivity contribution in [1.29, 1.82) is 0 Å². The van der Waals surface area contributed by atoms with Crippen molar-refractivity contribution in [2.45, 2.75) is 4.90 Å². The summed E-state index contributed by atoms with van der Waals surface area (Å²) in [6.07, 6.45) is 0. The van der Waals surface area contributed by atoms with E-state index in [-0.39, 0.29) is 23.4 Å². The van der Waals surface area contributed by atoms with Gasteiger partial charge in [-0.3, -0.25) is 9.59 Å². The van der Waals surface area contributed by atoms with Crippen LogP contribution in [-0.2, 0) is 4.79 Å². The number of methoxy groups -OCH3 is 1. The van der Waals surface area contributed by atoms with Crippen molar-refractivity contribution >= 4 is 35.0 Å². The van der Waals surface area contributed by atoms with Crippen LogP contribution < -0.4 is 15.4 Å². The van der Waals surface area contributed by atoms with Crippen LogP contribution in [0.1, 0.15) is 10.4 Å². The van der Waals surface area contributed by atoms with E-state index in [1.807, 2.05) is 0 Å². The molecular formula is C22H19FN2O3S. The van der Waals surface area contributed by atoms with Gasteiger partial charge in [-0.2, -0.15) is 0 Å². The van der Waals surface area contributed by atoms with Crippen molar-refractivity contribution in [2.75, 3.05) is 23.5 Å². The fourth-order valence-corrected chi connectivity index (χ4v) is 3.16. The number of hydrogen-bond acceptors (Lipinski definition) is 4. The van der Waals surface area contributed by atoms with Crippen LogP contribution in [0.15, 0.2) is 77.7 Å². The monoisotopic (exact) mass is 410 g/mol. The Hall–Kier alpha value is -3.32. The van der Waals surface area contributed by atoms with Crippen LogP contribution in [0.2, 0.25) is 0 Å². The predicted octanol–water partition coefficient (Wildman–Crippen LogP) is 4.82. The number of nitrogens with one attached hydrogen (secondary N) is 2. The lowest BCUT2D eigenvalue weighted by atomic mass is 10.2. The molecule has 3 aromatic carbocycles. The Balaban J connectivity index is 1.51. The van der Waals surface area contributed by atoms with Crippen molar-refractivity contribution in [3.63, 3.8) is 0 Å². The molecule has 0 atom stereocenters. The van der Waals surface area contributed by atoms with Gasteiger partial charge in [0.15, 0.2) is 0 Å². The molecule has 3 rings (SSSR count). The highest BCUT2D eigenvalue weighted by Crippen LogP contribution is 2.19. The van der Waals surface area contributed by atoms with Crippen molar-refractivity contribution in [2.24, 2.45) is 0 Å². The lowest BCUT2D eigenvalue weighted by Crippen LogP contribution is -2.15. The highest BCUT2D eigenvalue weighted by atomic mass is 32.2. The summed E-state index contributed by atoms with van der Waals surface area (Å²) in [5.41, 5.74) is 1.72. The third kappa shape index (κ3) is 6.08. The van der Waals surface area contributed by atoms with E-state index in [0.29, 0.717) is 22.7 Å². The fraction of sp³-hybridized carbons (Fsp3) is 0.0909. The zero-order valence-corrected chi connectivity index (χ0v) is 16.5. The van der Waals surface area contributed by atoms with Crippen LogP contribution in [0.5, 0.6) is 5.75 Å². The molecule has 0 aliphatic heterocycles. The molecule has 0 aromatic heterocycles. The van der Waals surface area contributed by atoms with E-state index in [2.05, 4.69) is 10.6 Å². The van der Waals surface area contributed by atoms with Gasteiger partial charge >= 0.3 is 0 Å². The van der Waals surface area contributed by atoms with Crippen LogP contribution in [-0.4, -0.2) is 24.7 Å². The summed E-state index contributed by atoms with van der Waals surface area (Å²) in [5.74, 6) is 0.163. The number of halogens is 1. The molecule has 0 aliphatic rings. The van der Waals surface area contributed by atoms with Gasteiger partial charge in [-0.05, 0) is 72.8 Å². The van der Waals surface area contributed by atoms with Gasteiger partial charge in [0.05, 0.1) is 12.9 Å². The topological polar surface area (TPSA) is 67.4 Å². The second kappa shape index (κ2) is 9.75. The first-order valence-electron chi connectivity index (χ1n) is 8.77. The van der Waals surface area contributed by atoms with Gasteiger partial charge in [-0.15, -0.1) is 11.8 Å². The number of anilines is 2. The Kier molecular flexibility index (Phi) is 6.86. The molecule has 2 amide bonds. The van der Waals surface area contributed by atoms with E-state index in [9.17, 15) is 14.0 Å². The molecule has 0 saturated heterocycles. The van der Waals surface area contributed by atoms with Crippen molar-refractivity contribution in [1.82, 2.24) is 0 Å². The van der Waals surface area contributed by atoms with E-state index in [1.54, 1.807) is 67.8 Å². The van der Waals surface area contributed by atoms with Crippen molar-refractivity contribution < 1.29 is 18.7 Å². The van der Waals surface area contributed by atoms with Crippen molar-refractivity contribution in [3.8, 4) is 5.75 Å². The molecule has 0 aliphatic carbocycles. The summed E-state index contributed by atoms with van der Waals surface area (Å²) in [5, 5.41) is 5.57. The number of carbonyl (C=O) groups excluding carboxylic acids is 2. The lowest BCUT2D eigenvalue weighted by molar-refractivity contribution is -0.113. The van der Waals surface area contributed by atoms with Crippen LogP contribution in [0.4, 0.5) is 15.8 Å². The second-order valence-electron chi connectivity index (χ2n) is 6.05. The van der Waals surface area contributed by atoms with E-state index in [1.165, 1.54) is 23.9 Å². The average molecular weight is 410 g/mol. The molecule has 0 spiro atoms. The molecule has 0 radical (unpaired) electrons. The molecular weight excluding hydrogens is 391 g/mol. The predicted molar refractivity (Wildman–Crippen MR) is 113 cm³/mol. The van der Waals surface area contributed by atoms with Crippen molar-refractivity contribution in [3.05, 3.63) is 84.2 Å². The SMILES string of the molecule is COc1ccc(NC(=O)c2ccc(NC(=O)CSc3ccc(F)cc3)cc2)cc1. The van der Waals surface area contributed by atoms with Gasteiger partial charge in [-0.1, -0.05) is 0 Å². The first-order valence-corrected chi connectivity index (χ1v) is 9.76. The number of rotatable bonds is 7. The number of hydrogen-bond donors (Lipinski definition) is 2. The Morgan fingerprint density at radius 3 is 2.07 bits per heavy atom. The van der Waals surface area contributed by atoms with Crippen LogP contribution in [0.25, 0.3) is 0 Å². The first-order chi connectivity index (χ1) is 14.0. The van der Waals surface area contributed by atoms with Gasteiger partial charge in [0.1, 0.15) is 11.6 Å². The van der Waals surface area contributed by atoms with Gasteiger partial charge in [-0.25, -0.2) is 4.39 Å². The molecule has 0 saturated carbocycles. The first kappa shape index (κ1) is 20.4. The quantitative estimate of drug-likeness (QED) is 0.548. The number of thioether (sulfide) groups is 1. The van der Waals surface area contributed by atoms with Crippen LogP contribution in [0.3, 0.4) is 0 Å². The summed E-state index contributed by atoms with van der Waals surface area (Å²) in [6, 6.07) is 19.6. The third-order valence-corrected chi connectivity index (χ3v) is 4.97. The number of amides is 2. The summed E-state index contributed by atoms with van der Waals surface area (Å²) in [6.45, 7) is 0. The van der Waals surface area contributed by atoms with Crippen LogP contribution in [0, 0.1) is 5.82 Å². The zero-order valence-electron chi connectivity index (χ0n) is 15.6. The van der Waals surface area contributed by atoms with E-state index >= 15 is 0 Å². The van der Waals surface area contributed by atoms with E-state index < -0.39 is 0 Å². The molecule has 0 bridgehead atoms. The summed E-state index contributed by atoms with van der Waals surface area (Å²) < 4.78 is 18.0. The standard InChI is InChI=1S/C22H19FN2O3S/c1-28-19-10-8-18(9-11-19)25-22(27)15-2-6-17(7-3-15)24-21(26)14-29-20-12-4-16(23)5-13-20/h2-13H,14H2,1H3,(H,24,26)(H,25,27). The maximum absolute atomic E-state index is 12.9. The minimum atomic E-state index is -0.310.